The van der Waals surface area contributed by atoms with Gasteiger partial charge < -0.3 is 14.8 Å². The normalized spacial score (nSPS) is 20.9. The molecule has 1 saturated heterocycles. The third-order valence-corrected chi connectivity index (χ3v) is 3.51. The third-order valence-electron chi connectivity index (χ3n) is 3.51. The molecule has 2 atom stereocenters. The quantitative estimate of drug-likeness (QED) is 0.874. The smallest absolute Gasteiger partial charge is 0.123 e. The van der Waals surface area contributed by atoms with Crippen LogP contribution >= 0.6 is 0 Å². The second-order valence-corrected chi connectivity index (χ2v) is 4.69. The minimum Gasteiger partial charge on any atom is -0.496 e. The summed E-state index contributed by atoms with van der Waals surface area (Å²) in [7, 11) is 3.51. The first-order valence-electron chi connectivity index (χ1n) is 6.33. The van der Waals surface area contributed by atoms with Crippen molar-refractivity contribution in [3.8, 4) is 5.75 Å². The number of nitrogens with one attached hydrogen (secondary N) is 1. The third kappa shape index (κ3) is 3.00. The number of benzene rings is 1. The van der Waals surface area contributed by atoms with E-state index in [1.165, 1.54) is 6.07 Å². The van der Waals surface area contributed by atoms with Gasteiger partial charge in [0.1, 0.15) is 11.6 Å². The number of rotatable bonds is 5. The molecule has 1 N–H and O–H groups in total. The SMILES string of the molecule is CNC(CC1CCOC1)c1cc(F)ccc1OC. The van der Waals surface area contributed by atoms with Crippen molar-refractivity contribution in [3.63, 3.8) is 0 Å². The highest BCUT2D eigenvalue weighted by Gasteiger charge is 2.23. The highest BCUT2D eigenvalue weighted by atomic mass is 19.1. The van der Waals surface area contributed by atoms with Crippen molar-refractivity contribution in [1.29, 1.82) is 0 Å². The molecule has 1 aliphatic rings. The highest BCUT2D eigenvalue weighted by Crippen LogP contribution is 2.32. The molecule has 3 nitrogen and oxygen atoms in total. The Hall–Kier alpha value is -1.13. The summed E-state index contributed by atoms with van der Waals surface area (Å²) in [5.74, 6) is 1.04. The van der Waals surface area contributed by atoms with Crippen molar-refractivity contribution in [1.82, 2.24) is 5.32 Å². The average Bonchev–Trinajstić information content (AvgIpc) is 2.88. The molecule has 100 valence electrons. The number of ether oxygens (including phenoxy) is 2. The van der Waals surface area contributed by atoms with E-state index in [2.05, 4.69) is 5.32 Å². The van der Waals surface area contributed by atoms with Gasteiger partial charge in [-0.15, -0.1) is 0 Å². The van der Waals surface area contributed by atoms with Crippen LogP contribution in [-0.4, -0.2) is 27.4 Å². The van der Waals surface area contributed by atoms with Crippen molar-refractivity contribution >= 4 is 0 Å². The molecule has 0 amide bonds. The standard InChI is InChI=1S/C14H20FNO2/c1-16-13(7-10-5-6-18-9-10)12-8-11(15)3-4-14(12)17-2/h3-4,8,10,13,16H,5-7,9H2,1-2H3. The molecule has 0 saturated carbocycles. The van der Waals surface area contributed by atoms with E-state index in [-0.39, 0.29) is 11.9 Å². The van der Waals surface area contributed by atoms with Gasteiger partial charge in [-0.25, -0.2) is 4.39 Å². The van der Waals surface area contributed by atoms with Gasteiger partial charge in [-0.2, -0.15) is 0 Å². The van der Waals surface area contributed by atoms with Crippen molar-refractivity contribution in [3.05, 3.63) is 29.6 Å². The fourth-order valence-corrected chi connectivity index (χ4v) is 2.48. The van der Waals surface area contributed by atoms with Crippen molar-refractivity contribution in [2.75, 3.05) is 27.4 Å². The molecule has 1 fully saturated rings. The van der Waals surface area contributed by atoms with Crippen LogP contribution in [0.1, 0.15) is 24.4 Å². The van der Waals surface area contributed by atoms with E-state index in [1.54, 1.807) is 19.2 Å². The summed E-state index contributed by atoms with van der Waals surface area (Å²) in [6.07, 6.45) is 2.02. The van der Waals surface area contributed by atoms with E-state index >= 15 is 0 Å². The second-order valence-electron chi connectivity index (χ2n) is 4.69. The first-order valence-corrected chi connectivity index (χ1v) is 6.33. The van der Waals surface area contributed by atoms with Crippen LogP contribution in [0, 0.1) is 11.7 Å². The predicted octanol–water partition coefficient (Wildman–Crippen LogP) is 2.52. The van der Waals surface area contributed by atoms with Gasteiger partial charge >= 0.3 is 0 Å². The Kier molecular flexibility index (Phi) is 4.55. The Morgan fingerprint density at radius 2 is 2.39 bits per heavy atom. The monoisotopic (exact) mass is 253 g/mol. The Balaban J connectivity index is 2.17. The number of hydrogen-bond acceptors (Lipinski definition) is 3. The van der Waals surface area contributed by atoms with E-state index in [4.69, 9.17) is 9.47 Å². The summed E-state index contributed by atoms with van der Waals surface area (Å²) >= 11 is 0. The Morgan fingerprint density at radius 3 is 3.00 bits per heavy atom. The maximum atomic E-state index is 13.4. The summed E-state index contributed by atoms with van der Waals surface area (Å²) in [5, 5.41) is 3.24. The Bertz CT molecular complexity index is 391. The van der Waals surface area contributed by atoms with E-state index in [0.29, 0.717) is 5.92 Å². The van der Waals surface area contributed by atoms with E-state index in [0.717, 1.165) is 37.4 Å². The van der Waals surface area contributed by atoms with Gasteiger partial charge in [0.25, 0.3) is 0 Å². The molecule has 0 radical (unpaired) electrons. The van der Waals surface area contributed by atoms with Gasteiger partial charge in [-0.1, -0.05) is 0 Å². The fourth-order valence-electron chi connectivity index (χ4n) is 2.48. The molecule has 0 aliphatic carbocycles. The predicted molar refractivity (Wildman–Crippen MR) is 68.3 cm³/mol. The van der Waals surface area contributed by atoms with Gasteiger partial charge in [0.15, 0.2) is 0 Å². The topological polar surface area (TPSA) is 30.5 Å². The molecule has 0 aromatic heterocycles. The van der Waals surface area contributed by atoms with Crippen LogP contribution < -0.4 is 10.1 Å². The zero-order valence-electron chi connectivity index (χ0n) is 10.9. The fraction of sp³-hybridized carbons (Fsp3) is 0.571. The molecule has 1 aromatic carbocycles. The summed E-state index contributed by atoms with van der Waals surface area (Å²) < 4.78 is 24.1. The summed E-state index contributed by atoms with van der Waals surface area (Å²) in [5.41, 5.74) is 0.881. The van der Waals surface area contributed by atoms with Gasteiger partial charge in [-0.3, -0.25) is 0 Å². The van der Waals surface area contributed by atoms with Crippen LogP contribution in [0.3, 0.4) is 0 Å². The lowest BCUT2D eigenvalue weighted by molar-refractivity contribution is 0.181. The Morgan fingerprint density at radius 1 is 1.56 bits per heavy atom. The van der Waals surface area contributed by atoms with Crippen LogP contribution in [-0.2, 0) is 4.74 Å². The molecule has 1 heterocycles. The van der Waals surface area contributed by atoms with Crippen LogP contribution in [0.5, 0.6) is 5.75 Å². The molecule has 1 aromatic rings. The second kappa shape index (κ2) is 6.16. The molecular weight excluding hydrogens is 233 g/mol. The molecule has 0 spiro atoms. The van der Waals surface area contributed by atoms with E-state index in [9.17, 15) is 4.39 Å². The number of methoxy groups -OCH3 is 1. The molecule has 18 heavy (non-hydrogen) atoms. The van der Waals surface area contributed by atoms with Crippen molar-refractivity contribution in [2.24, 2.45) is 5.92 Å². The molecular formula is C14H20FNO2. The minimum absolute atomic E-state index is 0.0994. The lowest BCUT2D eigenvalue weighted by Crippen LogP contribution is -2.21. The van der Waals surface area contributed by atoms with Gasteiger partial charge in [0.2, 0.25) is 0 Å². The lowest BCUT2D eigenvalue weighted by Gasteiger charge is -2.22. The average molecular weight is 253 g/mol. The molecule has 0 bridgehead atoms. The maximum Gasteiger partial charge on any atom is 0.123 e. The molecule has 4 heteroatoms. The number of hydrogen-bond donors (Lipinski definition) is 1. The molecule has 2 unspecified atom stereocenters. The number of halogens is 1. The Labute approximate surface area is 107 Å². The van der Waals surface area contributed by atoms with E-state index in [1.807, 2.05) is 7.05 Å². The van der Waals surface area contributed by atoms with Gasteiger partial charge in [0.05, 0.1) is 7.11 Å². The summed E-state index contributed by atoms with van der Waals surface area (Å²) in [6.45, 7) is 1.64. The summed E-state index contributed by atoms with van der Waals surface area (Å²) in [6, 6.07) is 4.76. The summed E-state index contributed by atoms with van der Waals surface area (Å²) in [4.78, 5) is 0. The van der Waals surface area contributed by atoms with E-state index < -0.39 is 0 Å². The van der Waals surface area contributed by atoms with Crippen LogP contribution in [0.4, 0.5) is 4.39 Å². The highest BCUT2D eigenvalue weighted by molar-refractivity contribution is 5.36. The zero-order valence-corrected chi connectivity index (χ0v) is 10.9. The van der Waals surface area contributed by atoms with Crippen LogP contribution in [0.25, 0.3) is 0 Å². The maximum absolute atomic E-state index is 13.4. The molecule has 1 aliphatic heterocycles. The van der Waals surface area contributed by atoms with Crippen LogP contribution in [0.15, 0.2) is 18.2 Å². The van der Waals surface area contributed by atoms with Gasteiger partial charge in [-0.05, 0) is 44.0 Å². The van der Waals surface area contributed by atoms with Crippen molar-refractivity contribution in [2.45, 2.75) is 18.9 Å². The van der Waals surface area contributed by atoms with Crippen LogP contribution in [0.2, 0.25) is 0 Å². The first kappa shape index (κ1) is 13.3. The largest absolute Gasteiger partial charge is 0.496 e. The zero-order chi connectivity index (χ0) is 13.0. The first-order chi connectivity index (χ1) is 8.74. The molecule has 2 rings (SSSR count). The van der Waals surface area contributed by atoms with Crippen molar-refractivity contribution < 1.29 is 13.9 Å². The lowest BCUT2D eigenvalue weighted by atomic mass is 9.93. The minimum atomic E-state index is -0.228. The van der Waals surface area contributed by atoms with Gasteiger partial charge in [0, 0.05) is 24.8 Å².